The van der Waals surface area contributed by atoms with Gasteiger partial charge in [0.2, 0.25) is 0 Å². The molecular weight excluding hydrogens is 374 g/mol. The molecular formula is C20H35N5O2S. The maximum atomic E-state index is 12.0. The molecule has 1 atom stereocenters. The van der Waals surface area contributed by atoms with Crippen molar-refractivity contribution in [2.45, 2.75) is 59.4 Å². The first-order valence-electron chi connectivity index (χ1n) is 10.5. The highest BCUT2D eigenvalue weighted by molar-refractivity contribution is 7.13. The number of aryl methyl sites for hydroxylation is 1. The van der Waals surface area contributed by atoms with Crippen LogP contribution in [0.15, 0.2) is 4.99 Å². The van der Waals surface area contributed by atoms with Crippen LogP contribution in [-0.4, -0.2) is 61.1 Å². The number of aromatic nitrogens is 1. The number of hydrogen-bond donors (Lipinski definition) is 2. The van der Waals surface area contributed by atoms with Crippen LogP contribution < -0.4 is 10.6 Å². The van der Waals surface area contributed by atoms with Crippen molar-refractivity contribution >= 4 is 23.3 Å². The molecule has 2 rings (SSSR count). The second kappa shape index (κ2) is 12.0. The predicted octanol–water partition coefficient (Wildman–Crippen LogP) is 3.12. The molecule has 1 saturated heterocycles. The fraction of sp³-hybridized carbons (Fsp3) is 0.750. The van der Waals surface area contributed by atoms with Crippen LogP contribution in [0.4, 0.5) is 0 Å². The molecule has 0 radical (unpaired) electrons. The van der Waals surface area contributed by atoms with Crippen molar-refractivity contribution in [2.75, 3.05) is 39.3 Å². The molecule has 0 bridgehead atoms. The van der Waals surface area contributed by atoms with Gasteiger partial charge >= 0.3 is 5.97 Å². The Morgan fingerprint density at radius 2 is 2.07 bits per heavy atom. The smallest absolute Gasteiger partial charge is 0.350 e. The molecule has 2 heterocycles. The molecule has 0 aliphatic carbocycles. The normalized spacial score (nSPS) is 16.2. The third kappa shape index (κ3) is 7.05. The molecule has 1 fully saturated rings. The molecule has 0 spiro atoms. The highest BCUT2D eigenvalue weighted by Crippen LogP contribution is 2.24. The number of unbranched alkanes of at least 4 members (excludes halogenated alkanes) is 1. The Morgan fingerprint density at radius 3 is 2.75 bits per heavy atom. The average molecular weight is 410 g/mol. The SMILES string of the molecule is CCNC(=NCCCCN1CCCC1)NC(C)c1nc(C)c(C(=O)OCC)s1. The van der Waals surface area contributed by atoms with Gasteiger partial charge in [0.05, 0.1) is 18.3 Å². The number of nitrogens with one attached hydrogen (secondary N) is 2. The number of rotatable bonds is 10. The van der Waals surface area contributed by atoms with E-state index < -0.39 is 0 Å². The molecule has 7 nitrogen and oxygen atoms in total. The van der Waals surface area contributed by atoms with Gasteiger partial charge in [-0.1, -0.05) is 0 Å². The summed E-state index contributed by atoms with van der Waals surface area (Å²) < 4.78 is 5.11. The van der Waals surface area contributed by atoms with Crippen molar-refractivity contribution in [1.29, 1.82) is 0 Å². The van der Waals surface area contributed by atoms with Crippen LogP contribution in [0, 0.1) is 6.92 Å². The molecule has 1 aliphatic heterocycles. The van der Waals surface area contributed by atoms with E-state index in [0.29, 0.717) is 11.5 Å². The summed E-state index contributed by atoms with van der Waals surface area (Å²) in [7, 11) is 0. The minimum atomic E-state index is -0.297. The van der Waals surface area contributed by atoms with Gasteiger partial charge < -0.3 is 20.3 Å². The number of aliphatic imine (C=N–C) groups is 1. The van der Waals surface area contributed by atoms with Crippen molar-refractivity contribution in [3.63, 3.8) is 0 Å². The lowest BCUT2D eigenvalue weighted by atomic mass is 10.3. The second-order valence-electron chi connectivity index (χ2n) is 7.07. The van der Waals surface area contributed by atoms with E-state index in [1.54, 1.807) is 0 Å². The lowest BCUT2D eigenvalue weighted by Crippen LogP contribution is -2.38. The topological polar surface area (TPSA) is 78.9 Å². The number of hydrogen-bond acceptors (Lipinski definition) is 6. The summed E-state index contributed by atoms with van der Waals surface area (Å²) >= 11 is 1.39. The van der Waals surface area contributed by atoms with E-state index >= 15 is 0 Å². The Hall–Kier alpha value is -1.67. The Labute approximate surface area is 173 Å². The first-order chi connectivity index (χ1) is 13.5. The zero-order chi connectivity index (χ0) is 20.4. The van der Waals surface area contributed by atoms with Crippen LogP contribution in [0.5, 0.6) is 0 Å². The van der Waals surface area contributed by atoms with Gasteiger partial charge in [-0.05, 0) is 73.0 Å². The number of thiazole rings is 1. The molecule has 0 amide bonds. The standard InChI is InChI=1S/C20H35N5O2S/c1-5-21-20(22-11-7-8-12-25-13-9-10-14-25)24-16(4)18-23-15(3)17(28-18)19(26)27-6-2/h16H,5-14H2,1-4H3,(H2,21,22,24). The van der Waals surface area contributed by atoms with Gasteiger partial charge in [0.25, 0.3) is 0 Å². The summed E-state index contributed by atoms with van der Waals surface area (Å²) in [6.45, 7) is 13.4. The third-order valence-electron chi connectivity index (χ3n) is 4.69. The van der Waals surface area contributed by atoms with Crippen LogP contribution in [0.3, 0.4) is 0 Å². The lowest BCUT2D eigenvalue weighted by molar-refractivity contribution is 0.0531. The number of carbonyl (C=O) groups excluding carboxylic acids is 1. The van der Waals surface area contributed by atoms with Crippen molar-refractivity contribution in [3.8, 4) is 0 Å². The van der Waals surface area contributed by atoms with Crippen molar-refractivity contribution in [2.24, 2.45) is 4.99 Å². The summed E-state index contributed by atoms with van der Waals surface area (Å²) in [6, 6.07) is -0.0331. The van der Waals surface area contributed by atoms with E-state index in [9.17, 15) is 4.79 Å². The van der Waals surface area contributed by atoms with Crippen LogP contribution >= 0.6 is 11.3 Å². The van der Waals surface area contributed by atoms with Crippen molar-refractivity contribution in [3.05, 3.63) is 15.6 Å². The summed E-state index contributed by atoms with van der Waals surface area (Å²) in [5.74, 6) is 0.497. The van der Waals surface area contributed by atoms with Gasteiger partial charge in [-0.25, -0.2) is 9.78 Å². The van der Waals surface area contributed by atoms with Gasteiger partial charge in [-0.15, -0.1) is 11.3 Å². The molecule has 0 aromatic carbocycles. The fourth-order valence-electron chi connectivity index (χ4n) is 3.22. The molecule has 158 valence electrons. The van der Waals surface area contributed by atoms with Crippen molar-refractivity contribution in [1.82, 2.24) is 20.5 Å². The summed E-state index contributed by atoms with van der Waals surface area (Å²) in [5, 5.41) is 7.56. The Kier molecular flexibility index (Phi) is 9.70. The quantitative estimate of drug-likeness (QED) is 0.268. The molecule has 8 heteroatoms. The average Bonchev–Trinajstić information content (AvgIpc) is 3.31. The molecule has 0 saturated carbocycles. The van der Waals surface area contributed by atoms with E-state index in [1.807, 2.05) is 20.8 Å². The number of likely N-dealkylation sites (tertiary alicyclic amines) is 1. The highest BCUT2D eigenvalue weighted by Gasteiger charge is 2.20. The van der Waals surface area contributed by atoms with Gasteiger partial charge in [-0.2, -0.15) is 0 Å². The number of ether oxygens (including phenoxy) is 1. The Bertz CT molecular complexity index is 641. The number of esters is 1. The van der Waals surface area contributed by atoms with E-state index in [1.165, 1.54) is 50.2 Å². The number of guanidine groups is 1. The zero-order valence-corrected chi connectivity index (χ0v) is 18.5. The van der Waals surface area contributed by atoms with Gasteiger partial charge in [0.1, 0.15) is 9.88 Å². The first-order valence-corrected chi connectivity index (χ1v) is 11.3. The molecule has 2 N–H and O–H groups in total. The summed E-state index contributed by atoms with van der Waals surface area (Å²) in [4.78, 5) is 24.4. The molecule has 1 unspecified atom stereocenters. The molecule has 1 aromatic rings. The first kappa shape index (κ1) is 22.6. The van der Waals surface area contributed by atoms with Gasteiger partial charge in [0.15, 0.2) is 5.96 Å². The number of nitrogens with zero attached hydrogens (tertiary/aromatic N) is 3. The maximum absolute atomic E-state index is 12.0. The lowest BCUT2D eigenvalue weighted by Gasteiger charge is -2.16. The predicted molar refractivity (Wildman–Crippen MR) is 115 cm³/mol. The van der Waals surface area contributed by atoms with Crippen molar-refractivity contribution < 1.29 is 9.53 Å². The van der Waals surface area contributed by atoms with E-state index in [2.05, 4.69) is 27.4 Å². The zero-order valence-electron chi connectivity index (χ0n) is 17.7. The van der Waals surface area contributed by atoms with Crippen LogP contribution in [0.25, 0.3) is 0 Å². The maximum Gasteiger partial charge on any atom is 0.350 e. The van der Waals surface area contributed by atoms with E-state index in [-0.39, 0.29) is 12.0 Å². The second-order valence-corrected chi connectivity index (χ2v) is 8.10. The highest BCUT2D eigenvalue weighted by atomic mass is 32.1. The van der Waals surface area contributed by atoms with Gasteiger partial charge in [-0.3, -0.25) is 4.99 Å². The molecule has 1 aromatic heterocycles. The fourth-order valence-corrected chi connectivity index (χ4v) is 4.18. The molecule has 1 aliphatic rings. The number of carbonyl (C=O) groups is 1. The summed E-state index contributed by atoms with van der Waals surface area (Å²) in [5.41, 5.74) is 0.718. The minimum Gasteiger partial charge on any atom is -0.462 e. The third-order valence-corrected chi connectivity index (χ3v) is 6.01. The molecule has 28 heavy (non-hydrogen) atoms. The Morgan fingerprint density at radius 1 is 1.32 bits per heavy atom. The monoisotopic (exact) mass is 409 g/mol. The van der Waals surface area contributed by atoms with Crippen LogP contribution in [-0.2, 0) is 4.74 Å². The minimum absolute atomic E-state index is 0.0331. The van der Waals surface area contributed by atoms with Crippen LogP contribution in [0.1, 0.15) is 72.9 Å². The van der Waals surface area contributed by atoms with Crippen LogP contribution in [0.2, 0.25) is 0 Å². The van der Waals surface area contributed by atoms with Gasteiger partial charge in [0, 0.05) is 13.1 Å². The largest absolute Gasteiger partial charge is 0.462 e. The Balaban J connectivity index is 1.85. The summed E-state index contributed by atoms with van der Waals surface area (Å²) in [6.07, 6.45) is 4.97. The van der Waals surface area contributed by atoms with E-state index in [4.69, 9.17) is 9.73 Å². The van der Waals surface area contributed by atoms with E-state index in [0.717, 1.165) is 36.2 Å².